The monoisotopic (exact) mass is 272 g/mol. The molecule has 0 radical (unpaired) electrons. The van der Waals surface area contributed by atoms with Gasteiger partial charge in [0.05, 0.1) is 11.5 Å². The fourth-order valence-electron chi connectivity index (χ4n) is 1.86. The summed E-state index contributed by atoms with van der Waals surface area (Å²) in [5, 5.41) is 12.5. The molecule has 1 aliphatic heterocycles. The zero-order chi connectivity index (χ0) is 13.0. The number of aliphatic carboxylic acids is 1. The molecule has 6 nitrogen and oxygen atoms in total. The predicted octanol–water partition coefficient (Wildman–Crippen LogP) is 1.80. The highest BCUT2D eigenvalue weighted by molar-refractivity contribution is 7.99. The molecular weight excluding hydrogens is 256 g/mol. The Balaban J connectivity index is 1.94. The SMILES string of the molecule is CC1(c2noc(CSCC(=O)O)n2)CCCCO1. The number of thioether (sulfide) groups is 1. The van der Waals surface area contributed by atoms with Gasteiger partial charge in [-0.05, 0) is 26.2 Å². The van der Waals surface area contributed by atoms with Gasteiger partial charge in [-0.3, -0.25) is 4.79 Å². The Morgan fingerprint density at radius 3 is 3.06 bits per heavy atom. The quantitative estimate of drug-likeness (QED) is 0.874. The maximum absolute atomic E-state index is 10.4. The van der Waals surface area contributed by atoms with E-state index < -0.39 is 11.6 Å². The molecule has 100 valence electrons. The van der Waals surface area contributed by atoms with Crippen molar-refractivity contribution in [3.63, 3.8) is 0 Å². The first-order valence-electron chi connectivity index (χ1n) is 5.87. The standard InChI is InChI=1S/C11H16N2O4S/c1-11(4-2-3-5-16-11)10-12-8(17-13-10)6-18-7-9(14)15/h2-7H2,1H3,(H,14,15). The number of carboxylic acids is 1. The lowest BCUT2D eigenvalue weighted by Crippen LogP contribution is -2.31. The summed E-state index contributed by atoms with van der Waals surface area (Å²) in [4.78, 5) is 14.7. The van der Waals surface area contributed by atoms with E-state index in [1.54, 1.807) is 0 Å². The molecule has 0 amide bonds. The van der Waals surface area contributed by atoms with Crippen LogP contribution in [-0.4, -0.2) is 33.6 Å². The minimum absolute atomic E-state index is 0.0332. The molecule has 0 aliphatic carbocycles. The van der Waals surface area contributed by atoms with Gasteiger partial charge in [0.15, 0.2) is 0 Å². The number of carboxylic acid groups (broad SMARTS) is 1. The van der Waals surface area contributed by atoms with Gasteiger partial charge in [-0.1, -0.05) is 5.16 Å². The summed E-state index contributed by atoms with van der Waals surface area (Å²) in [6, 6.07) is 0. The first-order valence-corrected chi connectivity index (χ1v) is 7.02. The molecule has 1 atom stereocenters. The Morgan fingerprint density at radius 2 is 2.39 bits per heavy atom. The Bertz CT molecular complexity index is 415. The second kappa shape index (κ2) is 5.71. The van der Waals surface area contributed by atoms with Crippen molar-refractivity contribution in [2.45, 2.75) is 37.5 Å². The van der Waals surface area contributed by atoms with E-state index in [1.807, 2.05) is 6.92 Å². The van der Waals surface area contributed by atoms with E-state index in [4.69, 9.17) is 14.4 Å². The summed E-state index contributed by atoms with van der Waals surface area (Å²) in [6.45, 7) is 2.68. The van der Waals surface area contributed by atoms with E-state index in [2.05, 4.69) is 10.1 Å². The van der Waals surface area contributed by atoms with Crippen LogP contribution in [0.15, 0.2) is 4.52 Å². The van der Waals surface area contributed by atoms with Crippen LogP contribution < -0.4 is 0 Å². The Kier molecular flexibility index (Phi) is 4.23. The van der Waals surface area contributed by atoms with Crippen molar-refractivity contribution in [2.75, 3.05) is 12.4 Å². The van der Waals surface area contributed by atoms with Crippen LogP contribution in [0.25, 0.3) is 0 Å². The third kappa shape index (κ3) is 3.23. The predicted molar refractivity (Wildman–Crippen MR) is 65.3 cm³/mol. The number of ether oxygens (including phenoxy) is 1. The summed E-state index contributed by atoms with van der Waals surface area (Å²) >= 11 is 1.24. The van der Waals surface area contributed by atoms with Crippen molar-refractivity contribution in [2.24, 2.45) is 0 Å². The lowest BCUT2D eigenvalue weighted by Gasteiger charge is -2.30. The molecule has 0 saturated carbocycles. The van der Waals surface area contributed by atoms with E-state index in [9.17, 15) is 4.79 Å². The fraction of sp³-hybridized carbons (Fsp3) is 0.727. The molecule has 0 aromatic carbocycles. The summed E-state index contributed by atoms with van der Waals surface area (Å²) in [5.41, 5.74) is -0.461. The van der Waals surface area contributed by atoms with Gasteiger partial charge in [-0.15, -0.1) is 11.8 Å². The Morgan fingerprint density at radius 1 is 1.56 bits per heavy atom. The van der Waals surface area contributed by atoms with Crippen molar-refractivity contribution in [1.29, 1.82) is 0 Å². The molecule has 2 heterocycles. The highest BCUT2D eigenvalue weighted by Gasteiger charge is 2.34. The summed E-state index contributed by atoms with van der Waals surface area (Å²) in [6.07, 6.45) is 3.04. The van der Waals surface area contributed by atoms with Crippen LogP contribution in [0.2, 0.25) is 0 Å². The number of rotatable bonds is 5. The number of hydrogen-bond donors (Lipinski definition) is 1. The molecule has 1 aromatic heterocycles. The average molecular weight is 272 g/mol. The van der Waals surface area contributed by atoms with E-state index in [1.165, 1.54) is 11.8 Å². The second-order valence-electron chi connectivity index (χ2n) is 4.43. The van der Waals surface area contributed by atoms with Crippen LogP contribution in [0.3, 0.4) is 0 Å². The average Bonchev–Trinajstić information content (AvgIpc) is 2.79. The van der Waals surface area contributed by atoms with Gasteiger partial charge >= 0.3 is 5.97 Å². The van der Waals surface area contributed by atoms with E-state index >= 15 is 0 Å². The van der Waals surface area contributed by atoms with Crippen LogP contribution in [0.1, 0.15) is 37.9 Å². The van der Waals surface area contributed by atoms with E-state index in [-0.39, 0.29) is 5.75 Å². The lowest BCUT2D eigenvalue weighted by molar-refractivity contribution is -0.133. The summed E-state index contributed by atoms with van der Waals surface area (Å²) < 4.78 is 10.8. The van der Waals surface area contributed by atoms with Crippen molar-refractivity contribution in [1.82, 2.24) is 10.1 Å². The molecule has 18 heavy (non-hydrogen) atoms. The van der Waals surface area contributed by atoms with Crippen molar-refractivity contribution in [3.8, 4) is 0 Å². The first kappa shape index (κ1) is 13.4. The number of aromatic nitrogens is 2. The highest BCUT2D eigenvalue weighted by atomic mass is 32.2. The summed E-state index contributed by atoms with van der Waals surface area (Å²) in [5.74, 6) is 0.614. The molecule has 1 saturated heterocycles. The molecule has 1 aliphatic rings. The normalized spacial score (nSPS) is 24.1. The molecule has 2 rings (SSSR count). The van der Waals surface area contributed by atoms with Crippen molar-refractivity contribution in [3.05, 3.63) is 11.7 Å². The molecule has 1 N–H and O–H groups in total. The number of nitrogens with zero attached hydrogens (tertiary/aromatic N) is 2. The third-order valence-corrected chi connectivity index (χ3v) is 3.76. The zero-order valence-electron chi connectivity index (χ0n) is 10.2. The molecule has 1 aromatic rings. The molecule has 0 bridgehead atoms. The second-order valence-corrected chi connectivity index (χ2v) is 5.42. The van der Waals surface area contributed by atoms with Crippen LogP contribution >= 0.6 is 11.8 Å². The van der Waals surface area contributed by atoms with E-state index in [0.717, 1.165) is 19.3 Å². The number of hydrogen-bond acceptors (Lipinski definition) is 6. The summed E-state index contributed by atoms with van der Waals surface area (Å²) in [7, 11) is 0. The lowest BCUT2D eigenvalue weighted by atomic mass is 9.95. The first-order chi connectivity index (χ1) is 8.60. The smallest absolute Gasteiger partial charge is 0.313 e. The highest BCUT2D eigenvalue weighted by Crippen LogP contribution is 2.32. The third-order valence-electron chi connectivity index (χ3n) is 2.86. The van der Waals surface area contributed by atoms with Gasteiger partial charge in [-0.2, -0.15) is 4.98 Å². The largest absolute Gasteiger partial charge is 0.481 e. The van der Waals surface area contributed by atoms with Crippen molar-refractivity contribution < 1.29 is 19.2 Å². The fourth-order valence-corrected chi connectivity index (χ4v) is 2.43. The Hall–Kier alpha value is -1.08. The number of carbonyl (C=O) groups is 1. The molecule has 0 spiro atoms. The van der Waals surface area contributed by atoms with Gasteiger partial charge in [0.1, 0.15) is 5.60 Å². The van der Waals surface area contributed by atoms with Gasteiger partial charge in [-0.25, -0.2) is 0 Å². The van der Waals surface area contributed by atoms with E-state index in [0.29, 0.717) is 24.1 Å². The minimum atomic E-state index is -0.845. The molecule has 1 unspecified atom stereocenters. The van der Waals surface area contributed by atoms with Crippen molar-refractivity contribution >= 4 is 17.7 Å². The van der Waals surface area contributed by atoms with Crippen LogP contribution in [0, 0.1) is 0 Å². The van der Waals surface area contributed by atoms with Crippen LogP contribution in [-0.2, 0) is 20.9 Å². The van der Waals surface area contributed by atoms with Crippen LogP contribution in [0.5, 0.6) is 0 Å². The molecular formula is C11H16N2O4S. The zero-order valence-corrected chi connectivity index (χ0v) is 11.0. The van der Waals surface area contributed by atoms with Gasteiger partial charge < -0.3 is 14.4 Å². The maximum atomic E-state index is 10.4. The molecule has 7 heteroatoms. The topological polar surface area (TPSA) is 85.5 Å². The van der Waals surface area contributed by atoms with Gasteiger partial charge in [0.2, 0.25) is 11.7 Å². The van der Waals surface area contributed by atoms with Gasteiger partial charge in [0.25, 0.3) is 0 Å². The van der Waals surface area contributed by atoms with Gasteiger partial charge in [0, 0.05) is 6.61 Å². The van der Waals surface area contributed by atoms with Crippen LogP contribution in [0.4, 0.5) is 0 Å². The minimum Gasteiger partial charge on any atom is -0.481 e. The maximum Gasteiger partial charge on any atom is 0.313 e. The molecule has 1 fully saturated rings. The Labute approximate surface area is 109 Å².